The first-order chi connectivity index (χ1) is 9.32. The molecule has 1 aromatic rings. The molecule has 1 aliphatic rings. The van der Waals surface area contributed by atoms with Crippen molar-refractivity contribution in [2.45, 2.75) is 25.6 Å². The average Bonchev–Trinajstić information content (AvgIpc) is 2.36. The molecule has 0 spiro atoms. The molecule has 1 aromatic carbocycles. The Bertz CT molecular complexity index is 521. The number of ether oxygens (including phenoxy) is 1. The first-order valence-corrected chi connectivity index (χ1v) is 7.38. The van der Waals surface area contributed by atoms with Gasteiger partial charge in [0, 0.05) is 22.7 Å². The van der Waals surface area contributed by atoms with Crippen LogP contribution in [0.1, 0.15) is 13.8 Å². The summed E-state index contributed by atoms with van der Waals surface area (Å²) in [5, 5.41) is 20.5. The molecule has 0 saturated carbocycles. The number of benzene rings is 1. The van der Waals surface area contributed by atoms with Crippen LogP contribution >= 0.6 is 22.6 Å². The van der Waals surface area contributed by atoms with Crippen LogP contribution in [0.3, 0.4) is 0 Å². The molecule has 1 atom stereocenters. The number of halogens is 1. The lowest BCUT2D eigenvalue weighted by Crippen LogP contribution is -2.54. The Labute approximate surface area is 131 Å². The van der Waals surface area contributed by atoms with Crippen LogP contribution in [0.4, 0.5) is 11.4 Å². The normalized spacial score (nSPS) is 21.8. The molecule has 20 heavy (non-hydrogen) atoms. The van der Waals surface area contributed by atoms with Gasteiger partial charge in [-0.05, 0) is 48.6 Å². The third kappa shape index (κ3) is 3.39. The summed E-state index contributed by atoms with van der Waals surface area (Å²) in [6.07, 6.45) is -0.336. The van der Waals surface area contributed by atoms with E-state index in [0.29, 0.717) is 18.8 Å². The summed E-state index contributed by atoms with van der Waals surface area (Å²) in [4.78, 5) is 12.8. The quantitative estimate of drug-likeness (QED) is 0.485. The zero-order valence-electron chi connectivity index (χ0n) is 11.4. The van der Waals surface area contributed by atoms with Gasteiger partial charge in [-0.15, -0.1) is 0 Å². The maximum absolute atomic E-state index is 11.2. The fourth-order valence-electron chi connectivity index (χ4n) is 2.48. The Hall–Kier alpha value is -0.930. The third-order valence-corrected chi connectivity index (χ3v) is 3.83. The van der Waals surface area contributed by atoms with Crippen LogP contribution in [0.15, 0.2) is 18.2 Å². The topological polar surface area (TPSA) is 75.8 Å². The minimum absolute atomic E-state index is 0.0892. The van der Waals surface area contributed by atoms with E-state index in [4.69, 9.17) is 4.74 Å². The summed E-state index contributed by atoms with van der Waals surface area (Å²) in [6, 6.07) is 5.17. The Morgan fingerprint density at radius 3 is 2.90 bits per heavy atom. The van der Waals surface area contributed by atoms with Crippen LogP contribution in [0.5, 0.6) is 0 Å². The van der Waals surface area contributed by atoms with Crippen molar-refractivity contribution in [3.63, 3.8) is 0 Å². The molecule has 6 nitrogen and oxygen atoms in total. The van der Waals surface area contributed by atoms with Crippen molar-refractivity contribution in [1.82, 2.24) is 0 Å². The van der Waals surface area contributed by atoms with E-state index in [1.807, 2.05) is 24.8 Å². The SMILES string of the molecule is CC1(C)CN(c2ccc(I)cc2[N+](=O)[O-])CC(CO)O1. The Morgan fingerprint density at radius 1 is 1.60 bits per heavy atom. The van der Waals surface area contributed by atoms with E-state index in [1.165, 1.54) is 0 Å². The van der Waals surface area contributed by atoms with Gasteiger partial charge in [-0.3, -0.25) is 10.1 Å². The summed E-state index contributed by atoms with van der Waals surface area (Å²) >= 11 is 2.06. The highest BCUT2D eigenvalue weighted by Crippen LogP contribution is 2.33. The first-order valence-electron chi connectivity index (χ1n) is 6.30. The number of nitrogens with zero attached hydrogens (tertiary/aromatic N) is 2. The van der Waals surface area contributed by atoms with E-state index < -0.39 is 5.60 Å². The van der Waals surface area contributed by atoms with Crippen LogP contribution in [0.2, 0.25) is 0 Å². The van der Waals surface area contributed by atoms with Gasteiger partial charge in [0.25, 0.3) is 5.69 Å². The fourth-order valence-corrected chi connectivity index (χ4v) is 2.96. The highest BCUT2D eigenvalue weighted by atomic mass is 127. The molecule has 1 aliphatic heterocycles. The second kappa shape index (κ2) is 5.82. The molecule has 1 fully saturated rings. The summed E-state index contributed by atoms with van der Waals surface area (Å²) < 4.78 is 6.56. The predicted molar refractivity (Wildman–Crippen MR) is 84.1 cm³/mol. The van der Waals surface area contributed by atoms with Crippen molar-refractivity contribution in [3.05, 3.63) is 31.9 Å². The second-order valence-electron chi connectivity index (χ2n) is 5.45. The largest absolute Gasteiger partial charge is 0.394 e. The number of nitro groups is 1. The van der Waals surface area contributed by atoms with Crippen LogP contribution in [-0.2, 0) is 4.74 Å². The summed E-state index contributed by atoms with van der Waals surface area (Å²) in [6.45, 7) is 4.73. The smallest absolute Gasteiger partial charge is 0.293 e. The van der Waals surface area contributed by atoms with Gasteiger partial charge < -0.3 is 14.7 Å². The van der Waals surface area contributed by atoms with Gasteiger partial charge in [0.1, 0.15) is 5.69 Å². The van der Waals surface area contributed by atoms with E-state index in [2.05, 4.69) is 22.6 Å². The molecule has 0 bridgehead atoms. The van der Waals surface area contributed by atoms with Gasteiger partial charge in [-0.25, -0.2) is 0 Å². The number of hydrogen-bond acceptors (Lipinski definition) is 5. The van der Waals surface area contributed by atoms with Gasteiger partial charge in [-0.2, -0.15) is 0 Å². The third-order valence-electron chi connectivity index (χ3n) is 3.16. The molecular weight excluding hydrogens is 375 g/mol. The lowest BCUT2D eigenvalue weighted by atomic mass is 10.0. The molecule has 7 heteroatoms. The fraction of sp³-hybridized carbons (Fsp3) is 0.538. The number of rotatable bonds is 3. The Balaban J connectivity index is 2.37. The molecule has 1 heterocycles. The molecule has 1 saturated heterocycles. The van der Waals surface area contributed by atoms with Crippen molar-refractivity contribution >= 4 is 34.0 Å². The van der Waals surface area contributed by atoms with E-state index >= 15 is 0 Å². The standard InChI is InChI=1S/C13H17IN2O4/c1-13(2)8-15(6-10(7-17)20-13)11-4-3-9(14)5-12(11)16(18)19/h3-5,10,17H,6-8H2,1-2H3. The lowest BCUT2D eigenvalue weighted by molar-refractivity contribution is -0.384. The summed E-state index contributed by atoms with van der Waals surface area (Å²) in [5.41, 5.74) is 0.208. The van der Waals surface area contributed by atoms with Gasteiger partial charge in [-0.1, -0.05) is 0 Å². The summed E-state index contributed by atoms with van der Waals surface area (Å²) in [7, 11) is 0. The molecule has 0 aliphatic carbocycles. The van der Waals surface area contributed by atoms with Gasteiger partial charge in [0.05, 0.1) is 23.2 Å². The summed E-state index contributed by atoms with van der Waals surface area (Å²) in [5.74, 6) is 0. The first kappa shape index (κ1) is 15.5. The minimum Gasteiger partial charge on any atom is -0.394 e. The predicted octanol–water partition coefficient (Wildman–Crippen LogP) is 2.18. The van der Waals surface area contributed by atoms with Crippen LogP contribution in [-0.4, -0.2) is 41.4 Å². The van der Waals surface area contributed by atoms with Gasteiger partial charge in [0.2, 0.25) is 0 Å². The molecule has 1 N–H and O–H groups in total. The lowest BCUT2D eigenvalue weighted by Gasteiger charge is -2.43. The Kier molecular flexibility index (Phi) is 4.50. The minimum atomic E-state index is -0.456. The molecular formula is C13H17IN2O4. The molecule has 0 aromatic heterocycles. The number of hydrogen-bond donors (Lipinski definition) is 1. The van der Waals surface area contributed by atoms with Gasteiger partial charge >= 0.3 is 0 Å². The molecule has 0 amide bonds. The molecule has 0 radical (unpaired) electrons. The maximum Gasteiger partial charge on any atom is 0.293 e. The van der Waals surface area contributed by atoms with Crippen molar-refractivity contribution in [3.8, 4) is 0 Å². The highest BCUT2D eigenvalue weighted by Gasteiger charge is 2.35. The molecule has 2 rings (SSSR count). The maximum atomic E-state index is 11.2. The zero-order valence-corrected chi connectivity index (χ0v) is 13.5. The highest BCUT2D eigenvalue weighted by molar-refractivity contribution is 14.1. The van der Waals surface area contributed by atoms with Crippen molar-refractivity contribution in [2.75, 3.05) is 24.6 Å². The number of anilines is 1. The van der Waals surface area contributed by atoms with E-state index in [1.54, 1.807) is 12.1 Å². The van der Waals surface area contributed by atoms with E-state index in [-0.39, 0.29) is 23.3 Å². The second-order valence-corrected chi connectivity index (χ2v) is 6.70. The Morgan fingerprint density at radius 2 is 2.30 bits per heavy atom. The molecule has 1 unspecified atom stereocenters. The van der Waals surface area contributed by atoms with E-state index in [0.717, 1.165) is 3.57 Å². The zero-order chi connectivity index (χ0) is 14.9. The van der Waals surface area contributed by atoms with Crippen LogP contribution in [0, 0.1) is 13.7 Å². The number of nitro benzene ring substituents is 1. The van der Waals surface area contributed by atoms with Crippen LogP contribution < -0.4 is 4.90 Å². The average molecular weight is 392 g/mol. The van der Waals surface area contributed by atoms with E-state index in [9.17, 15) is 15.2 Å². The van der Waals surface area contributed by atoms with Gasteiger partial charge in [0.15, 0.2) is 0 Å². The number of morpholine rings is 1. The van der Waals surface area contributed by atoms with Crippen LogP contribution in [0.25, 0.3) is 0 Å². The number of aliphatic hydroxyl groups excluding tert-OH is 1. The number of aliphatic hydroxyl groups is 1. The van der Waals surface area contributed by atoms with Crippen molar-refractivity contribution in [2.24, 2.45) is 0 Å². The molecule has 110 valence electrons. The monoisotopic (exact) mass is 392 g/mol. The van der Waals surface area contributed by atoms with Crippen molar-refractivity contribution in [1.29, 1.82) is 0 Å². The van der Waals surface area contributed by atoms with Crippen molar-refractivity contribution < 1.29 is 14.8 Å².